The first kappa shape index (κ1) is 9.62. The zero-order valence-corrected chi connectivity index (χ0v) is 8.37. The van der Waals surface area contributed by atoms with Crippen LogP contribution in [0.15, 0.2) is 24.4 Å². The van der Waals surface area contributed by atoms with Crippen molar-refractivity contribution in [3.8, 4) is 0 Å². The first-order valence-corrected chi connectivity index (χ1v) is 5.29. The van der Waals surface area contributed by atoms with E-state index in [4.69, 9.17) is 0 Å². The predicted molar refractivity (Wildman–Crippen MR) is 57.0 cm³/mol. The molecule has 0 atom stereocenters. The molecule has 1 fully saturated rings. The molecule has 1 aromatic rings. The molecule has 0 aromatic carbocycles. The van der Waals surface area contributed by atoms with Crippen molar-refractivity contribution in [2.45, 2.75) is 25.4 Å². The molecule has 2 N–H and O–H groups in total. The highest BCUT2D eigenvalue weighted by Gasteiger charge is 2.11. The molecule has 3 heteroatoms. The molecular formula is C11H17N3. The van der Waals surface area contributed by atoms with E-state index < -0.39 is 0 Å². The lowest BCUT2D eigenvalue weighted by Crippen LogP contribution is -2.39. The van der Waals surface area contributed by atoms with Crippen LogP contribution in [0.4, 0.5) is 0 Å². The Hall–Kier alpha value is -0.930. The Bertz CT molecular complexity index is 254. The summed E-state index contributed by atoms with van der Waals surface area (Å²) in [7, 11) is 0. The van der Waals surface area contributed by atoms with Crippen molar-refractivity contribution >= 4 is 0 Å². The Kier molecular flexibility index (Phi) is 3.49. The molecule has 0 spiro atoms. The van der Waals surface area contributed by atoms with E-state index in [0.717, 1.165) is 25.3 Å². The van der Waals surface area contributed by atoms with E-state index in [0.29, 0.717) is 6.04 Å². The molecule has 0 aliphatic carbocycles. The van der Waals surface area contributed by atoms with Crippen molar-refractivity contribution in [2.24, 2.45) is 0 Å². The van der Waals surface area contributed by atoms with Gasteiger partial charge < -0.3 is 10.6 Å². The maximum Gasteiger partial charge on any atom is 0.0541 e. The topological polar surface area (TPSA) is 37.0 Å². The quantitative estimate of drug-likeness (QED) is 0.746. The fraction of sp³-hybridized carbons (Fsp3) is 0.545. The van der Waals surface area contributed by atoms with Gasteiger partial charge in [-0.3, -0.25) is 4.98 Å². The van der Waals surface area contributed by atoms with Gasteiger partial charge in [-0.2, -0.15) is 0 Å². The second-order valence-electron chi connectivity index (χ2n) is 3.73. The summed E-state index contributed by atoms with van der Waals surface area (Å²) >= 11 is 0. The lowest BCUT2D eigenvalue weighted by molar-refractivity contribution is 0.385. The number of rotatable bonds is 3. The number of hydrogen-bond acceptors (Lipinski definition) is 3. The highest BCUT2D eigenvalue weighted by Crippen LogP contribution is 2.03. The van der Waals surface area contributed by atoms with E-state index in [2.05, 4.69) is 21.7 Å². The van der Waals surface area contributed by atoms with Crippen molar-refractivity contribution in [1.29, 1.82) is 0 Å². The molecule has 14 heavy (non-hydrogen) atoms. The molecule has 0 saturated carbocycles. The van der Waals surface area contributed by atoms with Crippen LogP contribution in [0.3, 0.4) is 0 Å². The van der Waals surface area contributed by atoms with Crippen LogP contribution in [-0.2, 0) is 6.54 Å². The van der Waals surface area contributed by atoms with Gasteiger partial charge in [0.05, 0.1) is 5.69 Å². The average molecular weight is 191 g/mol. The van der Waals surface area contributed by atoms with E-state index in [1.165, 1.54) is 12.8 Å². The van der Waals surface area contributed by atoms with Crippen LogP contribution in [-0.4, -0.2) is 24.1 Å². The van der Waals surface area contributed by atoms with Gasteiger partial charge in [0, 0.05) is 18.8 Å². The first-order chi connectivity index (χ1) is 6.95. The predicted octanol–water partition coefficient (Wildman–Crippen LogP) is 0.923. The number of nitrogens with one attached hydrogen (secondary N) is 2. The van der Waals surface area contributed by atoms with Crippen LogP contribution in [0, 0.1) is 0 Å². The molecule has 1 aliphatic heterocycles. The third-order valence-corrected chi connectivity index (χ3v) is 2.64. The van der Waals surface area contributed by atoms with Crippen LogP contribution in [0.2, 0.25) is 0 Å². The minimum Gasteiger partial charge on any atom is -0.317 e. The lowest BCUT2D eigenvalue weighted by atomic mass is 10.1. The van der Waals surface area contributed by atoms with E-state index in [1.807, 2.05) is 18.3 Å². The van der Waals surface area contributed by atoms with Gasteiger partial charge in [-0.25, -0.2) is 0 Å². The van der Waals surface area contributed by atoms with Gasteiger partial charge in [0.1, 0.15) is 0 Å². The number of pyridine rings is 1. The normalized spacial score (nSPS) is 18.3. The minimum atomic E-state index is 0.665. The van der Waals surface area contributed by atoms with Gasteiger partial charge in [-0.1, -0.05) is 6.07 Å². The molecule has 1 aromatic heterocycles. The largest absolute Gasteiger partial charge is 0.317 e. The number of piperidine rings is 1. The zero-order valence-electron chi connectivity index (χ0n) is 8.37. The van der Waals surface area contributed by atoms with E-state index >= 15 is 0 Å². The summed E-state index contributed by atoms with van der Waals surface area (Å²) in [5, 5.41) is 6.89. The van der Waals surface area contributed by atoms with Crippen LogP contribution >= 0.6 is 0 Å². The number of aromatic nitrogens is 1. The zero-order chi connectivity index (χ0) is 9.64. The van der Waals surface area contributed by atoms with E-state index in [9.17, 15) is 0 Å². The summed E-state index contributed by atoms with van der Waals surface area (Å²) in [5.74, 6) is 0. The average Bonchev–Trinajstić information content (AvgIpc) is 2.29. The summed E-state index contributed by atoms with van der Waals surface area (Å²) in [6.45, 7) is 3.17. The second kappa shape index (κ2) is 5.08. The number of hydrogen-bond donors (Lipinski definition) is 2. The maximum atomic E-state index is 4.29. The molecule has 1 aliphatic rings. The highest BCUT2D eigenvalue weighted by atomic mass is 15.0. The highest BCUT2D eigenvalue weighted by molar-refractivity contribution is 5.03. The fourth-order valence-electron chi connectivity index (χ4n) is 1.78. The van der Waals surface area contributed by atoms with E-state index in [-0.39, 0.29) is 0 Å². The maximum absolute atomic E-state index is 4.29. The minimum absolute atomic E-state index is 0.665. The first-order valence-electron chi connectivity index (χ1n) is 5.29. The van der Waals surface area contributed by atoms with Gasteiger partial charge in [0.2, 0.25) is 0 Å². The Morgan fingerprint density at radius 3 is 2.93 bits per heavy atom. The van der Waals surface area contributed by atoms with Crippen molar-refractivity contribution < 1.29 is 0 Å². The van der Waals surface area contributed by atoms with Crippen LogP contribution in [0.1, 0.15) is 18.5 Å². The Morgan fingerprint density at radius 1 is 1.36 bits per heavy atom. The molecular weight excluding hydrogens is 174 g/mol. The summed E-state index contributed by atoms with van der Waals surface area (Å²) < 4.78 is 0. The SMILES string of the molecule is c1ccc(CNC2CCNCC2)nc1. The van der Waals surface area contributed by atoms with Gasteiger partial charge in [0.25, 0.3) is 0 Å². The third kappa shape index (κ3) is 2.79. The number of nitrogens with zero attached hydrogens (tertiary/aromatic N) is 1. The summed E-state index contributed by atoms with van der Waals surface area (Å²) in [6.07, 6.45) is 4.30. The molecule has 2 rings (SSSR count). The molecule has 1 saturated heterocycles. The van der Waals surface area contributed by atoms with Crippen molar-refractivity contribution in [3.05, 3.63) is 30.1 Å². The Balaban J connectivity index is 1.76. The van der Waals surface area contributed by atoms with Gasteiger partial charge in [0.15, 0.2) is 0 Å². The van der Waals surface area contributed by atoms with Crippen LogP contribution in [0.5, 0.6) is 0 Å². The molecule has 76 valence electrons. The summed E-state index contributed by atoms with van der Waals surface area (Å²) in [4.78, 5) is 4.29. The molecule has 0 amide bonds. The lowest BCUT2D eigenvalue weighted by Gasteiger charge is -2.23. The molecule has 3 nitrogen and oxygen atoms in total. The summed E-state index contributed by atoms with van der Waals surface area (Å²) in [6, 6.07) is 6.72. The van der Waals surface area contributed by atoms with Crippen molar-refractivity contribution in [1.82, 2.24) is 15.6 Å². The second-order valence-corrected chi connectivity index (χ2v) is 3.73. The van der Waals surface area contributed by atoms with Gasteiger partial charge >= 0.3 is 0 Å². The molecule has 2 heterocycles. The van der Waals surface area contributed by atoms with Crippen molar-refractivity contribution in [3.63, 3.8) is 0 Å². The van der Waals surface area contributed by atoms with Crippen LogP contribution < -0.4 is 10.6 Å². The van der Waals surface area contributed by atoms with Gasteiger partial charge in [-0.05, 0) is 38.1 Å². The Labute approximate surface area is 84.9 Å². The van der Waals surface area contributed by atoms with Crippen LogP contribution in [0.25, 0.3) is 0 Å². The van der Waals surface area contributed by atoms with Crippen molar-refractivity contribution in [2.75, 3.05) is 13.1 Å². The fourth-order valence-corrected chi connectivity index (χ4v) is 1.78. The van der Waals surface area contributed by atoms with Gasteiger partial charge in [-0.15, -0.1) is 0 Å². The Morgan fingerprint density at radius 2 is 2.21 bits per heavy atom. The summed E-state index contributed by atoms with van der Waals surface area (Å²) in [5.41, 5.74) is 1.13. The molecule has 0 radical (unpaired) electrons. The monoisotopic (exact) mass is 191 g/mol. The smallest absolute Gasteiger partial charge is 0.0541 e. The molecule has 0 unspecified atom stereocenters. The van der Waals surface area contributed by atoms with E-state index in [1.54, 1.807) is 0 Å². The molecule has 0 bridgehead atoms. The standard InChI is InChI=1S/C11H17N3/c1-2-6-13-11(3-1)9-14-10-4-7-12-8-5-10/h1-3,6,10,12,14H,4-5,7-9H2. The third-order valence-electron chi connectivity index (χ3n) is 2.64.